The van der Waals surface area contributed by atoms with Gasteiger partial charge in [-0.1, -0.05) is 34.8 Å². The zero-order chi connectivity index (χ0) is 7.00. The van der Waals surface area contributed by atoms with Gasteiger partial charge in [-0.15, -0.1) is 0 Å². The van der Waals surface area contributed by atoms with Crippen LogP contribution in [0.15, 0.2) is 0 Å². The third kappa shape index (κ3) is 2.71. The van der Waals surface area contributed by atoms with Gasteiger partial charge in [0.1, 0.15) is 0 Å². The molecule has 0 aliphatic heterocycles. The summed E-state index contributed by atoms with van der Waals surface area (Å²) >= 11 is 17.3. The molecule has 50 valence electrons. The van der Waals surface area contributed by atoms with Crippen molar-refractivity contribution in [3.8, 4) is 0 Å². The molecule has 0 aliphatic carbocycles. The summed E-state index contributed by atoms with van der Waals surface area (Å²) < 4.78 is -4.57. The molecule has 0 radical (unpaired) electrons. The highest BCUT2D eigenvalue weighted by Crippen LogP contribution is 2.39. The van der Waals surface area contributed by atoms with Crippen LogP contribution in [-0.4, -0.2) is 18.7 Å². The maximum atomic E-state index is 8.43. The molecule has 8 heavy (non-hydrogen) atoms. The zero-order valence-electron chi connectivity index (χ0n) is 3.41. The molecule has 2 nitrogen and oxygen atoms in total. The molecule has 2 N–H and O–H groups in total. The molecule has 0 saturated heterocycles. The van der Waals surface area contributed by atoms with Crippen LogP contribution in [-0.2, 0) is 0 Å². The molecule has 0 heterocycles. The number of rotatable bonds is 0. The highest BCUT2D eigenvalue weighted by Gasteiger charge is 2.43. The molecular formula is C2H2BrCl3O2. The van der Waals surface area contributed by atoms with Crippen molar-refractivity contribution >= 4 is 50.7 Å². The van der Waals surface area contributed by atoms with E-state index >= 15 is 0 Å². The minimum atomic E-state index is -2.45. The first-order chi connectivity index (χ1) is 3.25. The van der Waals surface area contributed by atoms with Crippen molar-refractivity contribution in [3.05, 3.63) is 0 Å². The molecule has 0 aliphatic rings. The van der Waals surface area contributed by atoms with Crippen molar-refractivity contribution in [1.29, 1.82) is 0 Å². The zero-order valence-corrected chi connectivity index (χ0v) is 7.26. The van der Waals surface area contributed by atoms with E-state index < -0.39 is 8.49 Å². The van der Waals surface area contributed by atoms with Crippen LogP contribution < -0.4 is 0 Å². The van der Waals surface area contributed by atoms with Crippen LogP contribution in [0, 0.1) is 0 Å². The van der Waals surface area contributed by atoms with Crippen molar-refractivity contribution in [2.24, 2.45) is 0 Å². The molecule has 0 saturated carbocycles. The molecule has 0 rings (SSSR count). The van der Waals surface area contributed by atoms with Crippen molar-refractivity contribution in [2.75, 3.05) is 0 Å². The smallest absolute Gasteiger partial charge is 0.270 e. The van der Waals surface area contributed by atoms with E-state index in [9.17, 15) is 0 Å². The van der Waals surface area contributed by atoms with Gasteiger partial charge in [-0.25, -0.2) is 0 Å². The van der Waals surface area contributed by atoms with Gasteiger partial charge in [-0.2, -0.15) is 0 Å². The largest absolute Gasteiger partial charge is 0.354 e. The molecule has 0 amide bonds. The van der Waals surface area contributed by atoms with E-state index in [1.165, 1.54) is 0 Å². The molecule has 0 aromatic heterocycles. The predicted octanol–water partition coefficient (Wildman–Crippen LogP) is 1.39. The Morgan fingerprint density at radius 2 is 1.25 bits per heavy atom. The molecule has 6 heteroatoms. The van der Waals surface area contributed by atoms with Crippen LogP contribution in [0.4, 0.5) is 0 Å². The van der Waals surface area contributed by atoms with E-state index in [1.54, 1.807) is 0 Å². The highest BCUT2D eigenvalue weighted by atomic mass is 79.9. The Bertz CT molecular complexity index is 70.3. The van der Waals surface area contributed by atoms with Gasteiger partial charge in [0.2, 0.25) is 0 Å². The summed E-state index contributed by atoms with van der Waals surface area (Å²) in [6.45, 7) is 0. The minimum Gasteiger partial charge on any atom is -0.354 e. The van der Waals surface area contributed by atoms with Crippen LogP contribution in [0.1, 0.15) is 0 Å². The van der Waals surface area contributed by atoms with Gasteiger partial charge in [-0.05, 0) is 15.9 Å². The topological polar surface area (TPSA) is 40.5 Å². The summed E-state index contributed by atoms with van der Waals surface area (Å²) in [4.78, 5) is 0. The van der Waals surface area contributed by atoms with E-state index in [1.807, 2.05) is 0 Å². The molecule has 0 fully saturated rings. The maximum Gasteiger partial charge on any atom is 0.270 e. The molecule has 0 bridgehead atoms. The van der Waals surface area contributed by atoms with Crippen molar-refractivity contribution in [2.45, 2.75) is 8.49 Å². The van der Waals surface area contributed by atoms with Gasteiger partial charge in [0, 0.05) is 0 Å². The van der Waals surface area contributed by atoms with Gasteiger partial charge < -0.3 is 10.2 Å². The summed E-state index contributed by atoms with van der Waals surface area (Å²) in [5.74, 6) is 0. The number of hydrogen-bond acceptors (Lipinski definition) is 2. The van der Waals surface area contributed by atoms with Gasteiger partial charge >= 0.3 is 0 Å². The van der Waals surface area contributed by atoms with Crippen LogP contribution in [0.5, 0.6) is 0 Å². The molecule has 0 aromatic carbocycles. The van der Waals surface area contributed by atoms with E-state index in [-0.39, 0.29) is 0 Å². The van der Waals surface area contributed by atoms with Gasteiger partial charge in [0.15, 0.2) is 0 Å². The fourth-order valence-corrected chi connectivity index (χ4v) is 0. The Morgan fingerprint density at radius 3 is 1.25 bits per heavy atom. The fraction of sp³-hybridized carbons (Fsp3) is 1.00. The lowest BCUT2D eigenvalue weighted by Gasteiger charge is -2.21. The lowest BCUT2D eigenvalue weighted by atomic mass is 10.7. The second-order valence-electron chi connectivity index (χ2n) is 1.08. The predicted molar refractivity (Wildman–Crippen MR) is 36.4 cm³/mol. The first kappa shape index (κ1) is 9.27. The SMILES string of the molecule is OC(O)(Br)C(Cl)(Cl)Cl. The summed E-state index contributed by atoms with van der Waals surface area (Å²) in [7, 11) is 0. The van der Waals surface area contributed by atoms with Crippen molar-refractivity contribution in [1.82, 2.24) is 0 Å². The van der Waals surface area contributed by atoms with E-state index in [4.69, 9.17) is 45.0 Å². The third-order valence-corrected chi connectivity index (χ3v) is 2.43. The lowest BCUT2D eigenvalue weighted by molar-refractivity contribution is -0.0644. The average molecular weight is 244 g/mol. The Balaban J connectivity index is 4.02. The fourth-order valence-electron chi connectivity index (χ4n) is 0. The molecular weight excluding hydrogens is 242 g/mol. The minimum absolute atomic E-state index is 2.12. The Kier molecular flexibility index (Phi) is 2.88. The summed E-state index contributed by atoms with van der Waals surface area (Å²) in [6, 6.07) is 0. The van der Waals surface area contributed by atoms with Crippen LogP contribution in [0.25, 0.3) is 0 Å². The Hall–Kier alpha value is 1.27. The van der Waals surface area contributed by atoms with Gasteiger partial charge in [-0.3, -0.25) is 0 Å². The summed E-state index contributed by atoms with van der Waals surface area (Å²) in [5.41, 5.74) is 0. The lowest BCUT2D eigenvalue weighted by Crippen LogP contribution is -2.35. The van der Waals surface area contributed by atoms with Crippen LogP contribution in [0.2, 0.25) is 0 Å². The van der Waals surface area contributed by atoms with Gasteiger partial charge in [0.05, 0.1) is 0 Å². The summed E-state index contributed by atoms with van der Waals surface area (Å²) in [5, 5.41) is 16.9. The molecule has 0 aromatic rings. The van der Waals surface area contributed by atoms with Crippen molar-refractivity contribution < 1.29 is 10.2 Å². The van der Waals surface area contributed by atoms with Gasteiger partial charge in [0.25, 0.3) is 8.49 Å². The van der Waals surface area contributed by atoms with E-state index in [0.717, 1.165) is 0 Å². The number of aliphatic hydroxyl groups is 2. The second kappa shape index (κ2) is 2.48. The molecule has 0 spiro atoms. The van der Waals surface area contributed by atoms with Crippen molar-refractivity contribution in [3.63, 3.8) is 0 Å². The maximum absolute atomic E-state index is 8.43. The van der Waals surface area contributed by atoms with Crippen LogP contribution in [0.3, 0.4) is 0 Å². The second-order valence-corrected chi connectivity index (χ2v) is 4.47. The monoisotopic (exact) mass is 242 g/mol. The molecule has 0 unspecified atom stereocenters. The quantitative estimate of drug-likeness (QED) is 0.499. The average Bonchev–Trinajstić information content (AvgIpc) is 1.25. The molecule has 0 atom stereocenters. The number of alkyl halides is 4. The summed E-state index contributed by atoms with van der Waals surface area (Å²) in [6.07, 6.45) is 0. The third-order valence-electron chi connectivity index (χ3n) is 0.361. The van der Waals surface area contributed by atoms with Crippen LogP contribution >= 0.6 is 50.7 Å². The normalized spacial score (nSPS) is 14.2. The standard InChI is InChI=1S/C2H2BrCl3O2/c3-1(7,8)2(4,5)6/h7-8H. The van der Waals surface area contributed by atoms with E-state index in [0.29, 0.717) is 0 Å². The first-order valence-electron chi connectivity index (χ1n) is 1.45. The Labute approximate surface area is 69.5 Å². The first-order valence-corrected chi connectivity index (χ1v) is 3.38. The van der Waals surface area contributed by atoms with E-state index in [2.05, 4.69) is 15.9 Å². The Morgan fingerprint density at radius 1 is 1.12 bits per heavy atom. The number of hydrogen-bond donors (Lipinski definition) is 2. The number of halogens is 4. The highest BCUT2D eigenvalue weighted by molar-refractivity contribution is 9.10.